The highest BCUT2D eigenvalue weighted by atomic mass is 14.9. The summed E-state index contributed by atoms with van der Waals surface area (Å²) in [6, 6.07) is 9.71. The van der Waals surface area contributed by atoms with Crippen LogP contribution in [-0.2, 0) is 13.0 Å². The molecular weight excluding hydrogens is 206 g/mol. The van der Waals surface area contributed by atoms with Gasteiger partial charge in [0.25, 0.3) is 0 Å². The minimum absolute atomic E-state index is 0.658. The number of nitrogens with one attached hydrogen (secondary N) is 1. The highest BCUT2D eigenvalue weighted by molar-refractivity contribution is 5.23. The van der Waals surface area contributed by atoms with Crippen LogP contribution < -0.4 is 5.32 Å². The van der Waals surface area contributed by atoms with Gasteiger partial charge >= 0.3 is 0 Å². The number of hydrogen-bond donors (Lipinski definition) is 1. The Labute approximate surface area is 105 Å². The molecule has 0 saturated heterocycles. The molecule has 0 atom stereocenters. The van der Waals surface area contributed by atoms with Crippen molar-refractivity contribution in [2.75, 3.05) is 0 Å². The third-order valence-corrected chi connectivity index (χ3v) is 3.27. The van der Waals surface area contributed by atoms with Gasteiger partial charge in [0, 0.05) is 12.6 Å². The molecule has 1 aromatic rings. The first kappa shape index (κ1) is 12.4. The van der Waals surface area contributed by atoms with Crippen molar-refractivity contribution >= 4 is 0 Å². The summed E-state index contributed by atoms with van der Waals surface area (Å²) in [7, 11) is 0. The van der Waals surface area contributed by atoms with Crippen LogP contribution in [0.1, 0.15) is 37.8 Å². The molecule has 0 bridgehead atoms. The summed E-state index contributed by atoms with van der Waals surface area (Å²) in [6.07, 6.45) is 8.09. The lowest BCUT2D eigenvalue weighted by Gasteiger charge is -2.12. The fraction of sp³-hybridized carbons (Fsp3) is 0.500. The van der Waals surface area contributed by atoms with Crippen molar-refractivity contribution in [1.29, 1.82) is 0 Å². The van der Waals surface area contributed by atoms with Crippen LogP contribution in [0, 0.1) is 5.92 Å². The molecule has 1 heteroatoms. The lowest BCUT2D eigenvalue weighted by Crippen LogP contribution is -2.25. The van der Waals surface area contributed by atoms with Gasteiger partial charge in [-0.2, -0.15) is 0 Å². The van der Waals surface area contributed by atoms with Gasteiger partial charge in [-0.05, 0) is 36.3 Å². The Balaban J connectivity index is 1.81. The normalized spacial score (nSPS) is 15.9. The lowest BCUT2D eigenvalue weighted by molar-refractivity contribution is 0.538. The standard InChI is InChI=1S/C16H23N/c1-13(2)11-14-7-9-15(10-8-14)12-17-16-5-3-4-6-16/h3-4,7-10,13,16-17H,5-6,11-12H2,1-2H3. The maximum absolute atomic E-state index is 3.60. The molecule has 0 unspecified atom stereocenters. The summed E-state index contributed by atoms with van der Waals surface area (Å²) in [5.74, 6) is 0.739. The molecule has 0 spiro atoms. The third kappa shape index (κ3) is 4.01. The van der Waals surface area contributed by atoms with Crippen molar-refractivity contribution in [2.45, 2.75) is 45.7 Å². The van der Waals surface area contributed by atoms with E-state index in [1.807, 2.05) is 0 Å². The minimum Gasteiger partial charge on any atom is -0.309 e. The first-order valence-corrected chi connectivity index (χ1v) is 6.70. The van der Waals surface area contributed by atoms with Gasteiger partial charge in [-0.15, -0.1) is 0 Å². The van der Waals surface area contributed by atoms with Crippen LogP contribution in [0.4, 0.5) is 0 Å². The Bertz CT molecular complexity index is 354. The van der Waals surface area contributed by atoms with E-state index in [1.165, 1.54) is 30.4 Å². The van der Waals surface area contributed by atoms with Gasteiger partial charge in [-0.25, -0.2) is 0 Å². The Hall–Kier alpha value is -1.08. The fourth-order valence-electron chi connectivity index (χ4n) is 2.31. The zero-order chi connectivity index (χ0) is 12.1. The average molecular weight is 229 g/mol. The summed E-state index contributed by atoms with van der Waals surface area (Å²) >= 11 is 0. The van der Waals surface area contributed by atoms with Crippen molar-refractivity contribution in [2.24, 2.45) is 5.92 Å². The number of hydrogen-bond acceptors (Lipinski definition) is 1. The van der Waals surface area contributed by atoms with Crippen LogP contribution in [0.15, 0.2) is 36.4 Å². The predicted molar refractivity (Wildman–Crippen MR) is 74.0 cm³/mol. The molecule has 2 rings (SSSR count). The zero-order valence-electron chi connectivity index (χ0n) is 10.9. The fourth-order valence-corrected chi connectivity index (χ4v) is 2.31. The number of rotatable bonds is 5. The highest BCUT2D eigenvalue weighted by Gasteiger charge is 2.08. The molecule has 0 fully saturated rings. The molecule has 0 aromatic heterocycles. The molecule has 0 amide bonds. The van der Waals surface area contributed by atoms with Crippen molar-refractivity contribution in [3.63, 3.8) is 0 Å². The van der Waals surface area contributed by atoms with E-state index in [1.54, 1.807) is 0 Å². The van der Waals surface area contributed by atoms with Crippen molar-refractivity contribution in [3.05, 3.63) is 47.5 Å². The first-order valence-electron chi connectivity index (χ1n) is 6.70. The molecule has 0 aliphatic heterocycles. The van der Waals surface area contributed by atoms with Gasteiger partial charge in [-0.1, -0.05) is 50.3 Å². The maximum Gasteiger partial charge on any atom is 0.0208 e. The molecule has 1 N–H and O–H groups in total. The maximum atomic E-state index is 3.60. The van der Waals surface area contributed by atoms with Crippen molar-refractivity contribution in [1.82, 2.24) is 5.32 Å². The summed E-state index contributed by atoms with van der Waals surface area (Å²) in [6.45, 7) is 5.53. The van der Waals surface area contributed by atoms with Gasteiger partial charge in [-0.3, -0.25) is 0 Å². The Morgan fingerprint density at radius 1 is 1.06 bits per heavy atom. The summed E-state index contributed by atoms with van der Waals surface area (Å²) in [5, 5.41) is 3.60. The zero-order valence-corrected chi connectivity index (χ0v) is 10.9. The van der Waals surface area contributed by atoms with E-state index >= 15 is 0 Å². The van der Waals surface area contributed by atoms with Crippen LogP contribution >= 0.6 is 0 Å². The molecule has 17 heavy (non-hydrogen) atoms. The predicted octanol–water partition coefficient (Wildman–Crippen LogP) is 3.69. The Kier molecular flexibility index (Phi) is 4.38. The minimum atomic E-state index is 0.658. The smallest absolute Gasteiger partial charge is 0.0208 e. The topological polar surface area (TPSA) is 12.0 Å². The van der Waals surface area contributed by atoms with Crippen molar-refractivity contribution < 1.29 is 0 Å². The monoisotopic (exact) mass is 229 g/mol. The second kappa shape index (κ2) is 6.02. The van der Waals surface area contributed by atoms with Gasteiger partial charge in [0.05, 0.1) is 0 Å². The summed E-state index contributed by atoms with van der Waals surface area (Å²) in [4.78, 5) is 0. The van der Waals surface area contributed by atoms with Crippen LogP contribution in [0.2, 0.25) is 0 Å². The van der Waals surface area contributed by atoms with Gasteiger partial charge in [0.1, 0.15) is 0 Å². The van der Waals surface area contributed by atoms with Crippen LogP contribution in [0.5, 0.6) is 0 Å². The SMILES string of the molecule is CC(C)Cc1ccc(CNC2CC=CC2)cc1. The van der Waals surface area contributed by atoms with E-state index < -0.39 is 0 Å². The third-order valence-electron chi connectivity index (χ3n) is 3.27. The van der Waals surface area contributed by atoms with Crippen LogP contribution in [-0.4, -0.2) is 6.04 Å². The van der Waals surface area contributed by atoms with Gasteiger partial charge in [0.2, 0.25) is 0 Å². The van der Waals surface area contributed by atoms with E-state index in [-0.39, 0.29) is 0 Å². The highest BCUT2D eigenvalue weighted by Crippen LogP contribution is 2.12. The van der Waals surface area contributed by atoms with Crippen molar-refractivity contribution in [3.8, 4) is 0 Å². The second-order valence-corrected chi connectivity index (χ2v) is 5.44. The molecule has 1 nitrogen and oxygen atoms in total. The molecule has 92 valence electrons. The van der Waals surface area contributed by atoms with Crippen LogP contribution in [0.3, 0.4) is 0 Å². The number of benzene rings is 1. The first-order chi connectivity index (χ1) is 8.24. The molecule has 0 heterocycles. The van der Waals surface area contributed by atoms with E-state index in [4.69, 9.17) is 0 Å². The Morgan fingerprint density at radius 3 is 2.24 bits per heavy atom. The molecule has 1 aromatic carbocycles. The summed E-state index contributed by atoms with van der Waals surface area (Å²) in [5.41, 5.74) is 2.84. The largest absolute Gasteiger partial charge is 0.309 e. The molecular formula is C16H23N. The summed E-state index contributed by atoms with van der Waals surface area (Å²) < 4.78 is 0. The van der Waals surface area contributed by atoms with Gasteiger partial charge in [0.15, 0.2) is 0 Å². The molecule has 1 aliphatic carbocycles. The quantitative estimate of drug-likeness (QED) is 0.759. The van der Waals surface area contributed by atoms with E-state index in [0.717, 1.165) is 12.5 Å². The van der Waals surface area contributed by atoms with Gasteiger partial charge < -0.3 is 5.32 Å². The molecule has 0 saturated carbocycles. The van der Waals surface area contributed by atoms with E-state index in [9.17, 15) is 0 Å². The molecule has 1 aliphatic rings. The van der Waals surface area contributed by atoms with E-state index in [2.05, 4.69) is 55.6 Å². The van der Waals surface area contributed by atoms with E-state index in [0.29, 0.717) is 6.04 Å². The lowest BCUT2D eigenvalue weighted by atomic mass is 10.0. The Morgan fingerprint density at radius 2 is 1.65 bits per heavy atom. The average Bonchev–Trinajstić information content (AvgIpc) is 2.80. The van der Waals surface area contributed by atoms with Crippen LogP contribution in [0.25, 0.3) is 0 Å². The molecule has 0 radical (unpaired) electrons. The second-order valence-electron chi connectivity index (χ2n) is 5.44.